The number of hydrogen-bond donors (Lipinski definition) is 2. The van der Waals surface area contributed by atoms with Gasteiger partial charge in [0.2, 0.25) is 11.5 Å². The summed E-state index contributed by atoms with van der Waals surface area (Å²) in [6.07, 6.45) is 18.1. The van der Waals surface area contributed by atoms with Crippen LogP contribution in [0, 0.1) is 6.92 Å². The number of hydrogen-bond acceptors (Lipinski definition) is 4. The van der Waals surface area contributed by atoms with Gasteiger partial charge in [0.15, 0.2) is 11.5 Å². The summed E-state index contributed by atoms with van der Waals surface area (Å²) in [5.41, 5.74) is 5.40. The van der Waals surface area contributed by atoms with Crippen molar-refractivity contribution >= 4 is 0 Å². The summed E-state index contributed by atoms with van der Waals surface area (Å²) >= 11 is 0. The van der Waals surface area contributed by atoms with E-state index in [-0.39, 0.29) is 23.0 Å². The highest BCUT2D eigenvalue weighted by Crippen LogP contribution is 2.48. The van der Waals surface area contributed by atoms with Crippen LogP contribution in [0.2, 0.25) is 0 Å². The summed E-state index contributed by atoms with van der Waals surface area (Å²) in [6, 6.07) is 0. The topological polar surface area (TPSA) is 58.9 Å². The maximum Gasteiger partial charge on any atom is 0.207 e. The molecule has 1 aromatic rings. The lowest BCUT2D eigenvalue weighted by Gasteiger charge is -2.17. The molecule has 0 aromatic heterocycles. The predicted octanol–water partition coefficient (Wildman–Crippen LogP) is 7.72. The van der Waals surface area contributed by atoms with Gasteiger partial charge >= 0.3 is 0 Å². The molecule has 1 aromatic carbocycles. The lowest BCUT2D eigenvalue weighted by molar-refractivity contribution is 0.314. The SMILES string of the molecule is C/C=C\CC/C(C)=C/CC/C(C)=C\CC/C(C)=C/Cc1c(C)c(O)c(OC)c(OC)c1O. The third-order valence-corrected chi connectivity index (χ3v) is 5.80. The molecule has 0 aliphatic heterocycles. The van der Waals surface area contributed by atoms with E-state index in [1.165, 1.54) is 30.9 Å². The smallest absolute Gasteiger partial charge is 0.207 e. The first-order chi connectivity index (χ1) is 15.3. The zero-order valence-electron chi connectivity index (χ0n) is 21.0. The van der Waals surface area contributed by atoms with Crippen LogP contribution < -0.4 is 9.47 Å². The molecule has 0 aliphatic rings. The van der Waals surface area contributed by atoms with Crippen molar-refractivity contribution in [2.24, 2.45) is 0 Å². The van der Waals surface area contributed by atoms with Crippen LogP contribution in [0.3, 0.4) is 0 Å². The Morgan fingerprint density at radius 3 is 1.72 bits per heavy atom. The Kier molecular flexibility index (Phi) is 12.4. The van der Waals surface area contributed by atoms with Crippen molar-refractivity contribution in [3.63, 3.8) is 0 Å². The van der Waals surface area contributed by atoms with Gasteiger partial charge in [-0.15, -0.1) is 0 Å². The number of phenolic OH excluding ortho intramolecular Hbond substituents is 2. The van der Waals surface area contributed by atoms with Crippen LogP contribution in [0.4, 0.5) is 0 Å². The van der Waals surface area contributed by atoms with E-state index < -0.39 is 0 Å². The van der Waals surface area contributed by atoms with E-state index in [2.05, 4.69) is 58.1 Å². The Hall–Kier alpha value is -2.62. The van der Waals surface area contributed by atoms with E-state index in [0.717, 1.165) is 38.5 Å². The molecule has 0 bridgehead atoms. The first-order valence-corrected chi connectivity index (χ1v) is 11.5. The summed E-state index contributed by atoms with van der Waals surface area (Å²) in [7, 11) is 2.89. The normalized spacial score (nSPS) is 13.2. The van der Waals surface area contributed by atoms with Crippen molar-refractivity contribution < 1.29 is 19.7 Å². The number of benzene rings is 1. The molecule has 0 spiro atoms. The van der Waals surface area contributed by atoms with Gasteiger partial charge in [0.25, 0.3) is 0 Å². The maximum absolute atomic E-state index is 10.6. The van der Waals surface area contributed by atoms with Gasteiger partial charge in [-0.25, -0.2) is 0 Å². The minimum Gasteiger partial charge on any atom is -0.504 e. The maximum atomic E-state index is 10.6. The Balaban J connectivity index is 2.64. The van der Waals surface area contributed by atoms with Gasteiger partial charge in [0.05, 0.1) is 14.2 Å². The fourth-order valence-electron chi connectivity index (χ4n) is 3.62. The molecular formula is C28H42O4. The first-order valence-electron chi connectivity index (χ1n) is 11.5. The molecule has 0 radical (unpaired) electrons. The average molecular weight is 443 g/mol. The summed E-state index contributed by atoms with van der Waals surface area (Å²) in [5, 5.41) is 21.0. The van der Waals surface area contributed by atoms with Crippen molar-refractivity contribution in [3.05, 3.63) is 58.2 Å². The first kappa shape index (κ1) is 27.4. The zero-order chi connectivity index (χ0) is 24.1. The molecule has 1 rings (SSSR count). The van der Waals surface area contributed by atoms with Gasteiger partial charge < -0.3 is 19.7 Å². The number of aromatic hydroxyl groups is 2. The fraction of sp³-hybridized carbons (Fsp3) is 0.500. The van der Waals surface area contributed by atoms with Crippen LogP contribution >= 0.6 is 0 Å². The van der Waals surface area contributed by atoms with Gasteiger partial charge in [-0.3, -0.25) is 0 Å². The Labute approximate surface area is 195 Å². The summed E-state index contributed by atoms with van der Waals surface area (Å²) in [4.78, 5) is 0. The summed E-state index contributed by atoms with van der Waals surface area (Å²) < 4.78 is 10.4. The summed E-state index contributed by atoms with van der Waals surface area (Å²) in [6.45, 7) is 10.4. The van der Waals surface area contributed by atoms with Crippen LogP contribution in [-0.4, -0.2) is 24.4 Å². The molecule has 0 aliphatic carbocycles. The Bertz CT molecular complexity index is 857. The lowest BCUT2D eigenvalue weighted by Crippen LogP contribution is -1.98. The van der Waals surface area contributed by atoms with Gasteiger partial charge in [-0.1, -0.05) is 47.1 Å². The van der Waals surface area contributed by atoms with Gasteiger partial charge in [-0.2, -0.15) is 0 Å². The van der Waals surface area contributed by atoms with E-state index in [4.69, 9.17) is 9.47 Å². The highest BCUT2D eigenvalue weighted by atomic mass is 16.5. The van der Waals surface area contributed by atoms with E-state index in [0.29, 0.717) is 17.5 Å². The quantitative estimate of drug-likeness (QED) is 0.242. The number of ether oxygens (including phenoxy) is 2. The molecule has 0 saturated carbocycles. The fourth-order valence-corrected chi connectivity index (χ4v) is 3.62. The van der Waals surface area contributed by atoms with E-state index in [1.807, 2.05) is 0 Å². The highest BCUT2D eigenvalue weighted by molar-refractivity contribution is 5.66. The number of rotatable bonds is 13. The lowest BCUT2D eigenvalue weighted by atomic mass is 9.99. The minimum atomic E-state index is 0.00729. The van der Waals surface area contributed by atoms with Crippen LogP contribution in [0.25, 0.3) is 0 Å². The van der Waals surface area contributed by atoms with Crippen molar-refractivity contribution in [1.82, 2.24) is 0 Å². The van der Waals surface area contributed by atoms with Gasteiger partial charge in [-0.05, 0) is 79.6 Å². The number of methoxy groups -OCH3 is 2. The molecule has 178 valence electrons. The van der Waals surface area contributed by atoms with E-state index >= 15 is 0 Å². The third-order valence-electron chi connectivity index (χ3n) is 5.80. The predicted molar refractivity (Wildman–Crippen MR) is 135 cm³/mol. The van der Waals surface area contributed by atoms with Crippen molar-refractivity contribution in [1.29, 1.82) is 0 Å². The highest BCUT2D eigenvalue weighted by Gasteiger charge is 2.22. The third kappa shape index (κ3) is 8.49. The van der Waals surface area contributed by atoms with Crippen molar-refractivity contribution in [2.45, 2.75) is 79.6 Å². The van der Waals surface area contributed by atoms with Crippen LogP contribution in [0.15, 0.2) is 47.1 Å². The Morgan fingerprint density at radius 2 is 1.22 bits per heavy atom. The van der Waals surface area contributed by atoms with Crippen LogP contribution in [0.1, 0.15) is 77.3 Å². The second kappa shape index (κ2) is 14.4. The molecular weight excluding hydrogens is 400 g/mol. The second-order valence-electron chi connectivity index (χ2n) is 8.41. The number of phenols is 2. The largest absolute Gasteiger partial charge is 0.504 e. The van der Waals surface area contributed by atoms with E-state index in [1.54, 1.807) is 6.92 Å². The Morgan fingerprint density at radius 1 is 0.750 bits per heavy atom. The van der Waals surface area contributed by atoms with Crippen LogP contribution in [-0.2, 0) is 6.42 Å². The molecule has 0 atom stereocenters. The van der Waals surface area contributed by atoms with Gasteiger partial charge in [0.1, 0.15) is 0 Å². The molecule has 0 saturated heterocycles. The molecule has 0 fully saturated rings. The van der Waals surface area contributed by atoms with Crippen molar-refractivity contribution in [3.8, 4) is 23.0 Å². The van der Waals surface area contributed by atoms with Gasteiger partial charge in [0, 0.05) is 11.1 Å². The zero-order valence-corrected chi connectivity index (χ0v) is 21.0. The van der Waals surface area contributed by atoms with Crippen LogP contribution in [0.5, 0.6) is 23.0 Å². The summed E-state index contributed by atoms with van der Waals surface area (Å²) in [5.74, 6) is 0.359. The second-order valence-corrected chi connectivity index (χ2v) is 8.41. The van der Waals surface area contributed by atoms with Crippen molar-refractivity contribution in [2.75, 3.05) is 14.2 Å². The average Bonchev–Trinajstić information content (AvgIpc) is 2.76. The molecule has 2 N–H and O–H groups in total. The monoisotopic (exact) mass is 442 g/mol. The number of allylic oxidation sites excluding steroid dienone is 8. The molecule has 0 amide bonds. The molecule has 4 heteroatoms. The van der Waals surface area contributed by atoms with E-state index in [9.17, 15) is 10.2 Å². The molecule has 0 unspecified atom stereocenters. The molecule has 32 heavy (non-hydrogen) atoms. The molecule has 0 heterocycles. The standard InChI is InChI=1S/C28H42O4/c1-8-9-10-13-20(2)14-11-15-21(3)16-12-17-22(4)18-19-24-23(5)25(29)27(31-6)28(32-7)26(24)30/h8-9,14,16,18,29-30H,10-13,15,17,19H2,1-7H3/b9-8-,20-14+,21-16-,22-18+. The minimum absolute atomic E-state index is 0.00729. The molecule has 4 nitrogen and oxygen atoms in total.